The molecule has 0 amide bonds. The molecule has 0 spiro atoms. The van der Waals surface area contributed by atoms with Gasteiger partial charge >= 0.3 is 5.97 Å². The van der Waals surface area contributed by atoms with Gasteiger partial charge in [-0.15, -0.1) is 0 Å². The zero-order valence-corrected chi connectivity index (χ0v) is 8.19. The molecule has 3 nitrogen and oxygen atoms in total. The molecule has 0 saturated carbocycles. The van der Waals surface area contributed by atoms with Gasteiger partial charge in [0.05, 0.1) is 19.6 Å². The molecule has 0 saturated heterocycles. The first-order valence-corrected chi connectivity index (χ1v) is 4.61. The van der Waals surface area contributed by atoms with Crippen molar-refractivity contribution in [2.24, 2.45) is 0 Å². The van der Waals surface area contributed by atoms with Gasteiger partial charge in [-0.05, 0) is 18.1 Å². The van der Waals surface area contributed by atoms with Gasteiger partial charge in [0, 0.05) is 0 Å². The number of esters is 1. The molecule has 0 aliphatic heterocycles. The third kappa shape index (κ3) is 2.85. The van der Waals surface area contributed by atoms with E-state index in [1.165, 1.54) is 0 Å². The third-order valence-corrected chi connectivity index (χ3v) is 1.93. The predicted octanol–water partition coefficient (Wildman–Crippen LogP) is 1.28. The fourth-order valence-electron chi connectivity index (χ4n) is 1.25. The number of hydrogen-bond acceptors (Lipinski definition) is 3. The second kappa shape index (κ2) is 5.40. The van der Waals surface area contributed by atoms with Crippen molar-refractivity contribution < 1.29 is 14.6 Å². The fraction of sp³-hybridized carbons (Fsp3) is 0.364. The molecule has 1 N–H and O–H groups in total. The molecule has 0 atom stereocenters. The highest BCUT2D eigenvalue weighted by Gasteiger charge is 2.06. The maximum atomic E-state index is 11.2. The van der Waals surface area contributed by atoms with E-state index < -0.39 is 0 Å². The number of aliphatic hydroxyl groups excluding tert-OH is 1. The average Bonchev–Trinajstić information content (AvgIpc) is 2.19. The SMILES string of the molecule is CCOC(=O)Cc1ccccc1CO. The van der Waals surface area contributed by atoms with E-state index in [4.69, 9.17) is 9.84 Å². The van der Waals surface area contributed by atoms with Crippen LogP contribution in [0, 0.1) is 0 Å². The smallest absolute Gasteiger partial charge is 0.310 e. The van der Waals surface area contributed by atoms with Crippen LogP contribution in [0.2, 0.25) is 0 Å². The normalized spacial score (nSPS) is 9.86. The van der Waals surface area contributed by atoms with Crippen LogP contribution in [0.15, 0.2) is 24.3 Å². The lowest BCUT2D eigenvalue weighted by molar-refractivity contribution is -0.142. The van der Waals surface area contributed by atoms with E-state index in [1.807, 2.05) is 18.2 Å². The molecule has 1 aromatic rings. The zero-order valence-electron chi connectivity index (χ0n) is 8.19. The van der Waals surface area contributed by atoms with Crippen molar-refractivity contribution in [2.45, 2.75) is 20.0 Å². The lowest BCUT2D eigenvalue weighted by Gasteiger charge is -2.06. The molecule has 0 unspecified atom stereocenters. The minimum atomic E-state index is -0.256. The van der Waals surface area contributed by atoms with Crippen molar-refractivity contribution in [3.63, 3.8) is 0 Å². The lowest BCUT2D eigenvalue weighted by Crippen LogP contribution is -2.09. The summed E-state index contributed by atoms with van der Waals surface area (Å²) in [6.45, 7) is 2.12. The molecule has 0 radical (unpaired) electrons. The third-order valence-electron chi connectivity index (χ3n) is 1.93. The maximum absolute atomic E-state index is 11.2. The first-order chi connectivity index (χ1) is 6.77. The quantitative estimate of drug-likeness (QED) is 0.734. The Morgan fingerprint density at radius 2 is 2.00 bits per heavy atom. The van der Waals surface area contributed by atoms with Gasteiger partial charge in [0.2, 0.25) is 0 Å². The van der Waals surface area contributed by atoms with E-state index in [0.717, 1.165) is 11.1 Å². The van der Waals surface area contributed by atoms with Crippen LogP contribution >= 0.6 is 0 Å². The summed E-state index contributed by atoms with van der Waals surface area (Å²) < 4.78 is 4.82. The molecule has 3 heteroatoms. The van der Waals surface area contributed by atoms with Gasteiger partial charge in [-0.3, -0.25) is 4.79 Å². The van der Waals surface area contributed by atoms with E-state index in [2.05, 4.69) is 0 Å². The summed E-state index contributed by atoms with van der Waals surface area (Å²) in [5, 5.41) is 9.01. The van der Waals surface area contributed by atoms with Crippen molar-refractivity contribution in [1.82, 2.24) is 0 Å². The summed E-state index contributed by atoms with van der Waals surface area (Å²) in [6.07, 6.45) is 0.227. The summed E-state index contributed by atoms with van der Waals surface area (Å²) in [5.74, 6) is -0.256. The molecule has 0 aromatic heterocycles. The highest BCUT2D eigenvalue weighted by atomic mass is 16.5. The van der Waals surface area contributed by atoms with Crippen LogP contribution in [-0.4, -0.2) is 17.7 Å². The molecule has 0 aliphatic carbocycles. The van der Waals surface area contributed by atoms with Crippen LogP contribution in [0.4, 0.5) is 0 Å². The second-order valence-electron chi connectivity index (χ2n) is 2.91. The Balaban J connectivity index is 2.70. The van der Waals surface area contributed by atoms with E-state index in [-0.39, 0.29) is 19.0 Å². The molecule has 1 aromatic carbocycles. The monoisotopic (exact) mass is 194 g/mol. The van der Waals surface area contributed by atoms with Crippen molar-refractivity contribution in [1.29, 1.82) is 0 Å². The molecule has 14 heavy (non-hydrogen) atoms. The standard InChI is InChI=1S/C11H14O3/c1-2-14-11(13)7-9-5-3-4-6-10(9)8-12/h3-6,12H,2,7-8H2,1H3. The highest BCUT2D eigenvalue weighted by molar-refractivity contribution is 5.73. The van der Waals surface area contributed by atoms with Crippen LogP contribution in [0.3, 0.4) is 0 Å². The van der Waals surface area contributed by atoms with Crippen LogP contribution < -0.4 is 0 Å². The van der Waals surface area contributed by atoms with Crippen molar-refractivity contribution in [2.75, 3.05) is 6.61 Å². The van der Waals surface area contributed by atoms with Crippen molar-refractivity contribution in [3.8, 4) is 0 Å². The minimum absolute atomic E-state index is 0.0461. The van der Waals surface area contributed by atoms with E-state index in [9.17, 15) is 4.79 Å². The number of carbonyl (C=O) groups excluding carboxylic acids is 1. The molecule has 0 heterocycles. The van der Waals surface area contributed by atoms with E-state index in [1.54, 1.807) is 13.0 Å². The number of benzene rings is 1. The second-order valence-corrected chi connectivity index (χ2v) is 2.91. The summed E-state index contributed by atoms with van der Waals surface area (Å²) >= 11 is 0. The average molecular weight is 194 g/mol. The van der Waals surface area contributed by atoms with Crippen molar-refractivity contribution >= 4 is 5.97 Å². The van der Waals surface area contributed by atoms with Crippen LogP contribution in [0.1, 0.15) is 18.1 Å². The Morgan fingerprint density at radius 3 is 2.57 bits per heavy atom. The van der Waals surface area contributed by atoms with Gasteiger partial charge in [-0.1, -0.05) is 24.3 Å². The predicted molar refractivity (Wildman–Crippen MR) is 52.7 cm³/mol. The molecule has 1 rings (SSSR count). The molecule has 0 bridgehead atoms. The largest absolute Gasteiger partial charge is 0.466 e. The number of aliphatic hydroxyl groups is 1. The number of ether oxygens (including phenoxy) is 1. The molecular formula is C11H14O3. The summed E-state index contributed by atoms with van der Waals surface area (Å²) in [5.41, 5.74) is 1.61. The van der Waals surface area contributed by atoms with Gasteiger partial charge in [0.15, 0.2) is 0 Å². The maximum Gasteiger partial charge on any atom is 0.310 e. The Kier molecular flexibility index (Phi) is 4.13. The molecular weight excluding hydrogens is 180 g/mol. The van der Waals surface area contributed by atoms with E-state index >= 15 is 0 Å². The van der Waals surface area contributed by atoms with Gasteiger partial charge < -0.3 is 9.84 Å². The zero-order chi connectivity index (χ0) is 10.4. The Hall–Kier alpha value is -1.35. The molecule has 0 aliphatic rings. The summed E-state index contributed by atoms with van der Waals surface area (Å²) in [4.78, 5) is 11.2. The Labute approximate surface area is 83.3 Å². The lowest BCUT2D eigenvalue weighted by atomic mass is 10.1. The topological polar surface area (TPSA) is 46.5 Å². The van der Waals surface area contributed by atoms with E-state index in [0.29, 0.717) is 6.61 Å². The van der Waals surface area contributed by atoms with Gasteiger partial charge in [-0.25, -0.2) is 0 Å². The highest BCUT2D eigenvalue weighted by Crippen LogP contribution is 2.09. The Morgan fingerprint density at radius 1 is 1.36 bits per heavy atom. The van der Waals surface area contributed by atoms with Crippen LogP contribution in [0.25, 0.3) is 0 Å². The molecule has 0 fully saturated rings. The van der Waals surface area contributed by atoms with Crippen LogP contribution in [-0.2, 0) is 22.6 Å². The van der Waals surface area contributed by atoms with Gasteiger partial charge in [0.25, 0.3) is 0 Å². The van der Waals surface area contributed by atoms with Crippen molar-refractivity contribution in [3.05, 3.63) is 35.4 Å². The first-order valence-electron chi connectivity index (χ1n) is 4.61. The Bertz CT molecular complexity index is 307. The minimum Gasteiger partial charge on any atom is -0.466 e. The fourth-order valence-corrected chi connectivity index (χ4v) is 1.25. The van der Waals surface area contributed by atoms with Gasteiger partial charge in [0.1, 0.15) is 0 Å². The van der Waals surface area contributed by atoms with Gasteiger partial charge in [-0.2, -0.15) is 0 Å². The summed E-state index contributed by atoms with van der Waals surface area (Å²) in [6, 6.07) is 7.30. The number of hydrogen-bond donors (Lipinski definition) is 1. The summed E-state index contributed by atoms with van der Waals surface area (Å²) in [7, 11) is 0. The number of rotatable bonds is 4. The number of carbonyl (C=O) groups is 1. The van der Waals surface area contributed by atoms with Crippen LogP contribution in [0.5, 0.6) is 0 Å². The molecule has 76 valence electrons. The first kappa shape index (κ1) is 10.7.